The number of aryl methyl sites for hydroxylation is 1. The number of thioether (sulfide) groups is 1. The molecule has 0 N–H and O–H groups in total. The summed E-state index contributed by atoms with van der Waals surface area (Å²) in [6.07, 6.45) is 1.41. The van der Waals surface area contributed by atoms with Crippen LogP contribution in [0.15, 0.2) is 46.0 Å². The zero-order chi connectivity index (χ0) is 19.0. The van der Waals surface area contributed by atoms with Gasteiger partial charge in [0.25, 0.3) is 0 Å². The number of amides is 1. The summed E-state index contributed by atoms with van der Waals surface area (Å²) >= 11 is 1.37. The lowest BCUT2D eigenvalue weighted by Gasteiger charge is -2.28. The molecular formula is C19H18N4O3S. The summed E-state index contributed by atoms with van der Waals surface area (Å²) in [5, 5.41) is 8.95. The fraction of sp³-hybridized carbons (Fsp3) is 0.263. The van der Waals surface area contributed by atoms with Crippen molar-refractivity contribution in [2.45, 2.75) is 31.7 Å². The molecule has 1 aliphatic heterocycles. The van der Waals surface area contributed by atoms with E-state index in [9.17, 15) is 4.79 Å². The van der Waals surface area contributed by atoms with Gasteiger partial charge in [-0.1, -0.05) is 36.9 Å². The van der Waals surface area contributed by atoms with Crippen molar-refractivity contribution in [3.8, 4) is 17.1 Å². The lowest BCUT2D eigenvalue weighted by atomic mass is 10.1. The molecule has 1 aliphatic rings. The van der Waals surface area contributed by atoms with Crippen LogP contribution in [0.3, 0.4) is 0 Å². The number of nitrogens with zero attached hydrogens (tertiary/aromatic N) is 4. The van der Waals surface area contributed by atoms with E-state index in [1.54, 1.807) is 4.90 Å². The van der Waals surface area contributed by atoms with E-state index in [-0.39, 0.29) is 5.91 Å². The summed E-state index contributed by atoms with van der Waals surface area (Å²) in [5.41, 5.74) is 1.94. The lowest BCUT2D eigenvalue weighted by Crippen LogP contribution is -2.37. The van der Waals surface area contributed by atoms with Gasteiger partial charge in [-0.05, 0) is 31.4 Å². The van der Waals surface area contributed by atoms with Crippen molar-refractivity contribution >= 4 is 23.4 Å². The minimum absolute atomic E-state index is 0.0904. The first kappa shape index (κ1) is 17.5. The number of carbonyl (C=O) groups is 1. The van der Waals surface area contributed by atoms with Gasteiger partial charge in [-0.25, -0.2) is 0 Å². The molecule has 138 valence electrons. The van der Waals surface area contributed by atoms with Crippen LogP contribution in [0.5, 0.6) is 5.88 Å². The third-order valence-electron chi connectivity index (χ3n) is 4.27. The Morgan fingerprint density at radius 2 is 2.04 bits per heavy atom. The number of para-hydroxylation sites is 1. The van der Waals surface area contributed by atoms with Crippen LogP contribution in [0, 0.1) is 6.92 Å². The Bertz CT molecular complexity index is 1000. The molecule has 0 bridgehead atoms. The van der Waals surface area contributed by atoms with Gasteiger partial charge < -0.3 is 9.15 Å². The summed E-state index contributed by atoms with van der Waals surface area (Å²) in [6, 6.07) is 11.2. The molecule has 1 atom stereocenters. The summed E-state index contributed by atoms with van der Waals surface area (Å²) in [6.45, 7) is 3.67. The highest BCUT2D eigenvalue weighted by molar-refractivity contribution is 7.98. The predicted molar refractivity (Wildman–Crippen MR) is 102 cm³/mol. The first-order chi connectivity index (χ1) is 13.1. The molecule has 0 saturated carbocycles. The molecule has 1 amide bonds. The number of hydrogen-bond acceptors (Lipinski definition) is 7. The maximum Gasteiger partial charge on any atom is 0.247 e. The van der Waals surface area contributed by atoms with Gasteiger partial charge in [0.15, 0.2) is 11.5 Å². The summed E-state index contributed by atoms with van der Waals surface area (Å²) in [7, 11) is 0. The molecule has 0 aliphatic carbocycles. The number of rotatable bonds is 3. The van der Waals surface area contributed by atoms with Crippen LogP contribution in [0.2, 0.25) is 0 Å². The highest BCUT2D eigenvalue weighted by Crippen LogP contribution is 2.43. The average molecular weight is 382 g/mol. The first-order valence-corrected chi connectivity index (χ1v) is 9.78. The SMILES string of the molecule is CCC(=O)N1c2ccccc2-c2nnc(SC)nc2OC1c1ccc(C)o1. The Labute approximate surface area is 160 Å². The van der Waals surface area contributed by atoms with Gasteiger partial charge in [0, 0.05) is 12.0 Å². The minimum atomic E-state index is -0.778. The quantitative estimate of drug-likeness (QED) is 0.633. The molecule has 1 unspecified atom stereocenters. The van der Waals surface area contributed by atoms with Gasteiger partial charge >= 0.3 is 0 Å². The molecular weight excluding hydrogens is 364 g/mol. The topological polar surface area (TPSA) is 81.4 Å². The normalized spacial score (nSPS) is 15.5. The second-order valence-corrected chi connectivity index (χ2v) is 6.78. The number of carbonyl (C=O) groups excluding carboxylic acids is 1. The Morgan fingerprint density at radius 1 is 1.22 bits per heavy atom. The largest absolute Gasteiger partial charge is 0.460 e. The van der Waals surface area contributed by atoms with Gasteiger partial charge in [0.05, 0.1) is 5.69 Å². The van der Waals surface area contributed by atoms with Crippen LogP contribution in [0.1, 0.15) is 31.1 Å². The molecule has 27 heavy (non-hydrogen) atoms. The van der Waals surface area contributed by atoms with E-state index in [1.807, 2.05) is 56.5 Å². The third-order valence-corrected chi connectivity index (χ3v) is 4.81. The van der Waals surface area contributed by atoms with Gasteiger partial charge in [-0.3, -0.25) is 9.69 Å². The summed E-state index contributed by atoms with van der Waals surface area (Å²) in [5.74, 6) is 1.50. The van der Waals surface area contributed by atoms with Gasteiger partial charge in [-0.15, -0.1) is 10.2 Å². The van der Waals surface area contributed by atoms with Crippen molar-refractivity contribution < 1.29 is 13.9 Å². The van der Waals surface area contributed by atoms with Crippen molar-refractivity contribution in [3.05, 3.63) is 47.9 Å². The van der Waals surface area contributed by atoms with Crippen LogP contribution in [0.4, 0.5) is 5.69 Å². The third kappa shape index (κ3) is 3.06. The monoisotopic (exact) mass is 382 g/mol. The Morgan fingerprint density at radius 3 is 2.74 bits per heavy atom. The molecule has 3 aromatic rings. The Balaban J connectivity index is 1.97. The van der Waals surface area contributed by atoms with Crippen LogP contribution < -0.4 is 9.64 Å². The molecule has 1 aromatic carbocycles. The number of benzene rings is 1. The second kappa shape index (κ2) is 7.03. The van der Waals surface area contributed by atoms with Crippen molar-refractivity contribution in [2.24, 2.45) is 0 Å². The number of anilines is 1. The maximum atomic E-state index is 12.9. The predicted octanol–water partition coefficient (Wildman–Crippen LogP) is 4.00. The van der Waals surface area contributed by atoms with Crippen LogP contribution in [-0.4, -0.2) is 27.3 Å². The van der Waals surface area contributed by atoms with Crippen LogP contribution in [0.25, 0.3) is 11.3 Å². The molecule has 2 aromatic heterocycles. The van der Waals surface area contributed by atoms with Gasteiger partial charge in [0.1, 0.15) is 5.76 Å². The van der Waals surface area contributed by atoms with Crippen molar-refractivity contribution in [1.82, 2.24) is 15.2 Å². The van der Waals surface area contributed by atoms with Crippen molar-refractivity contribution in [2.75, 3.05) is 11.2 Å². The molecule has 4 rings (SSSR count). The molecule has 7 nitrogen and oxygen atoms in total. The summed E-state index contributed by atoms with van der Waals surface area (Å²) in [4.78, 5) is 19.0. The van der Waals surface area contributed by atoms with Crippen molar-refractivity contribution in [3.63, 3.8) is 0 Å². The number of ether oxygens (including phenoxy) is 1. The molecule has 0 radical (unpaired) electrons. The average Bonchev–Trinajstić information content (AvgIpc) is 3.07. The Hall–Kier alpha value is -2.87. The minimum Gasteiger partial charge on any atom is -0.460 e. The lowest BCUT2D eigenvalue weighted by molar-refractivity contribution is -0.120. The fourth-order valence-electron chi connectivity index (χ4n) is 3.01. The van der Waals surface area contributed by atoms with Crippen LogP contribution in [-0.2, 0) is 4.79 Å². The number of furan rings is 1. The van der Waals surface area contributed by atoms with E-state index in [0.29, 0.717) is 34.6 Å². The van der Waals surface area contributed by atoms with E-state index in [0.717, 1.165) is 11.3 Å². The van der Waals surface area contributed by atoms with Crippen LogP contribution >= 0.6 is 11.8 Å². The first-order valence-electron chi connectivity index (χ1n) is 8.55. The van der Waals surface area contributed by atoms with E-state index >= 15 is 0 Å². The maximum absolute atomic E-state index is 12.9. The Kier molecular flexibility index (Phi) is 4.57. The molecule has 0 spiro atoms. The van der Waals surface area contributed by atoms with E-state index < -0.39 is 6.23 Å². The molecule has 0 saturated heterocycles. The fourth-order valence-corrected chi connectivity index (χ4v) is 3.31. The van der Waals surface area contributed by atoms with E-state index in [2.05, 4.69) is 15.2 Å². The number of fused-ring (bicyclic) bond motifs is 3. The van der Waals surface area contributed by atoms with E-state index in [1.165, 1.54) is 11.8 Å². The zero-order valence-electron chi connectivity index (χ0n) is 15.2. The highest BCUT2D eigenvalue weighted by atomic mass is 32.2. The van der Waals surface area contributed by atoms with Gasteiger partial charge in [-0.2, -0.15) is 4.98 Å². The molecule has 3 heterocycles. The molecule has 0 fully saturated rings. The number of aromatic nitrogens is 3. The zero-order valence-corrected chi connectivity index (χ0v) is 16.0. The smallest absolute Gasteiger partial charge is 0.247 e. The summed E-state index contributed by atoms with van der Waals surface area (Å²) < 4.78 is 12.0. The standard InChI is InChI=1S/C19H18N4O3S/c1-4-15(24)23-13-8-6-5-7-12(13)16-17(20-19(27-3)22-21-16)26-18(23)14-10-9-11(2)25-14/h5-10,18H,4H2,1-3H3. The van der Waals surface area contributed by atoms with Crippen molar-refractivity contribution in [1.29, 1.82) is 0 Å². The van der Waals surface area contributed by atoms with Gasteiger partial charge in [0.2, 0.25) is 23.2 Å². The number of hydrogen-bond donors (Lipinski definition) is 0. The van der Waals surface area contributed by atoms with E-state index in [4.69, 9.17) is 9.15 Å². The second-order valence-electron chi connectivity index (χ2n) is 6.01. The molecule has 8 heteroatoms. The highest BCUT2D eigenvalue weighted by Gasteiger charge is 2.36.